The van der Waals surface area contributed by atoms with Gasteiger partial charge < -0.3 is 9.80 Å². The van der Waals surface area contributed by atoms with Crippen molar-refractivity contribution in [3.8, 4) is 0 Å². The van der Waals surface area contributed by atoms with E-state index in [9.17, 15) is 4.79 Å². The Morgan fingerprint density at radius 2 is 1.37 bits per heavy atom. The molecule has 6 heteroatoms. The van der Waals surface area contributed by atoms with E-state index in [0.717, 1.165) is 69.2 Å². The van der Waals surface area contributed by atoms with Gasteiger partial charge in [0.15, 0.2) is 0 Å². The van der Waals surface area contributed by atoms with Gasteiger partial charge in [0.2, 0.25) is 0 Å². The van der Waals surface area contributed by atoms with Crippen molar-refractivity contribution >= 4 is 34.8 Å². The zero-order chi connectivity index (χ0) is 20.9. The number of carbonyl (C=O) groups is 1. The molecule has 1 amide bonds. The van der Waals surface area contributed by atoms with Crippen molar-refractivity contribution in [1.82, 2.24) is 9.80 Å². The Morgan fingerprint density at radius 1 is 0.800 bits per heavy atom. The molecule has 2 aliphatic rings. The molecule has 2 fully saturated rings. The second kappa shape index (κ2) is 10.0. The van der Waals surface area contributed by atoms with Crippen LogP contribution in [0, 0.1) is 5.92 Å². The number of rotatable bonds is 5. The summed E-state index contributed by atoms with van der Waals surface area (Å²) >= 11 is 11.9. The van der Waals surface area contributed by atoms with Gasteiger partial charge in [0, 0.05) is 60.6 Å². The summed E-state index contributed by atoms with van der Waals surface area (Å²) in [6.45, 7) is 7.22. The Bertz CT molecular complexity index is 825. The monoisotopic (exact) mass is 445 g/mol. The summed E-state index contributed by atoms with van der Waals surface area (Å²) in [7, 11) is 0. The van der Waals surface area contributed by atoms with Crippen LogP contribution in [-0.2, 0) is 0 Å². The molecule has 0 aliphatic carbocycles. The number of likely N-dealkylation sites (tertiary alicyclic amines) is 1. The van der Waals surface area contributed by atoms with E-state index in [1.54, 1.807) is 12.1 Å². The molecule has 0 spiro atoms. The number of piperidine rings is 1. The van der Waals surface area contributed by atoms with Crippen molar-refractivity contribution in [2.75, 3.05) is 50.7 Å². The maximum Gasteiger partial charge on any atom is 0.253 e. The molecule has 2 aromatic carbocycles. The average molecular weight is 446 g/mol. The summed E-state index contributed by atoms with van der Waals surface area (Å²) in [5, 5.41) is 1.46. The number of benzene rings is 2. The maximum atomic E-state index is 12.7. The molecule has 2 saturated heterocycles. The van der Waals surface area contributed by atoms with E-state index in [0.29, 0.717) is 10.9 Å². The summed E-state index contributed by atoms with van der Waals surface area (Å²) in [6, 6.07) is 15.4. The SMILES string of the molecule is O=C(c1ccc(Cl)cc1)N1CCC(CCN2CCN(c3ccc(Cl)cc3)CC2)CC1. The minimum atomic E-state index is 0.128. The summed E-state index contributed by atoms with van der Waals surface area (Å²) < 4.78 is 0. The Kier molecular flexibility index (Phi) is 7.19. The van der Waals surface area contributed by atoms with Crippen molar-refractivity contribution < 1.29 is 4.79 Å². The second-order valence-electron chi connectivity index (χ2n) is 8.34. The molecule has 0 bridgehead atoms. The topological polar surface area (TPSA) is 26.8 Å². The Morgan fingerprint density at radius 3 is 1.97 bits per heavy atom. The fourth-order valence-corrected chi connectivity index (χ4v) is 4.70. The molecular weight excluding hydrogens is 417 g/mol. The minimum Gasteiger partial charge on any atom is -0.369 e. The standard InChI is InChI=1S/C24H29Cl2N3O/c25-21-3-1-20(2-4-21)24(30)29-13-10-19(11-14-29)9-12-27-15-17-28(18-16-27)23-7-5-22(26)6-8-23/h1-8,19H,9-18H2. The molecule has 2 aromatic rings. The van der Waals surface area contributed by atoms with Gasteiger partial charge in [0.05, 0.1) is 0 Å². The molecule has 0 radical (unpaired) electrons. The summed E-state index contributed by atoms with van der Waals surface area (Å²) in [5.74, 6) is 0.844. The molecule has 2 aliphatic heterocycles. The molecule has 0 N–H and O–H groups in total. The smallest absolute Gasteiger partial charge is 0.253 e. The van der Waals surface area contributed by atoms with Crippen molar-refractivity contribution in [3.05, 3.63) is 64.1 Å². The third-order valence-corrected chi connectivity index (χ3v) is 6.91. The average Bonchev–Trinajstić information content (AvgIpc) is 2.79. The zero-order valence-corrected chi connectivity index (χ0v) is 18.8. The number of piperazine rings is 1. The van der Waals surface area contributed by atoms with Crippen LogP contribution in [0.15, 0.2) is 48.5 Å². The lowest BCUT2D eigenvalue weighted by molar-refractivity contribution is 0.0680. The first kappa shape index (κ1) is 21.5. The Hall–Kier alpha value is -1.75. The van der Waals surface area contributed by atoms with E-state index in [2.05, 4.69) is 21.9 Å². The highest BCUT2D eigenvalue weighted by atomic mass is 35.5. The van der Waals surface area contributed by atoms with Gasteiger partial charge in [0.25, 0.3) is 5.91 Å². The highest BCUT2D eigenvalue weighted by Gasteiger charge is 2.25. The van der Waals surface area contributed by atoms with Crippen LogP contribution in [0.5, 0.6) is 0 Å². The normalized spacial score (nSPS) is 18.6. The van der Waals surface area contributed by atoms with Gasteiger partial charge in [-0.2, -0.15) is 0 Å². The Labute approximate surface area is 189 Å². The first-order valence-electron chi connectivity index (χ1n) is 10.9. The quantitative estimate of drug-likeness (QED) is 0.643. The molecule has 0 saturated carbocycles. The van der Waals surface area contributed by atoms with Crippen LogP contribution in [0.2, 0.25) is 10.0 Å². The molecule has 2 heterocycles. The van der Waals surface area contributed by atoms with Crippen LogP contribution in [0.1, 0.15) is 29.6 Å². The second-order valence-corrected chi connectivity index (χ2v) is 9.21. The highest BCUT2D eigenvalue weighted by molar-refractivity contribution is 6.30. The molecule has 4 nitrogen and oxygen atoms in total. The summed E-state index contributed by atoms with van der Waals surface area (Å²) in [5.41, 5.74) is 1.99. The fourth-order valence-electron chi connectivity index (χ4n) is 4.45. The van der Waals surface area contributed by atoms with Crippen LogP contribution >= 0.6 is 23.2 Å². The number of hydrogen-bond donors (Lipinski definition) is 0. The Balaban J connectivity index is 1.17. The van der Waals surface area contributed by atoms with Gasteiger partial charge >= 0.3 is 0 Å². The lowest BCUT2D eigenvalue weighted by atomic mass is 9.93. The van der Waals surface area contributed by atoms with Crippen LogP contribution < -0.4 is 4.90 Å². The van der Waals surface area contributed by atoms with Gasteiger partial charge in [-0.1, -0.05) is 23.2 Å². The van der Waals surface area contributed by atoms with E-state index in [4.69, 9.17) is 23.2 Å². The van der Waals surface area contributed by atoms with Crippen molar-refractivity contribution in [2.24, 2.45) is 5.92 Å². The van der Waals surface area contributed by atoms with E-state index < -0.39 is 0 Å². The third-order valence-electron chi connectivity index (χ3n) is 6.41. The third kappa shape index (κ3) is 5.48. The van der Waals surface area contributed by atoms with Crippen molar-refractivity contribution in [3.63, 3.8) is 0 Å². The first-order chi connectivity index (χ1) is 14.6. The summed E-state index contributed by atoms with van der Waals surface area (Å²) in [6.07, 6.45) is 3.43. The van der Waals surface area contributed by atoms with E-state index in [-0.39, 0.29) is 5.91 Å². The highest BCUT2D eigenvalue weighted by Crippen LogP contribution is 2.24. The summed E-state index contributed by atoms with van der Waals surface area (Å²) in [4.78, 5) is 19.7. The fraction of sp³-hybridized carbons (Fsp3) is 0.458. The number of amides is 1. The molecule has 160 valence electrons. The zero-order valence-electron chi connectivity index (χ0n) is 17.3. The molecule has 0 unspecified atom stereocenters. The first-order valence-corrected chi connectivity index (χ1v) is 11.6. The number of halogens is 2. The van der Waals surface area contributed by atoms with Crippen LogP contribution in [-0.4, -0.2) is 61.5 Å². The van der Waals surface area contributed by atoms with Gasteiger partial charge in [-0.05, 0) is 80.3 Å². The van der Waals surface area contributed by atoms with E-state index in [1.165, 1.54) is 12.1 Å². The molecule has 0 aromatic heterocycles. The van der Waals surface area contributed by atoms with Crippen LogP contribution in [0.25, 0.3) is 0 Å². The van der Waals surface area contributed by atoms with Crippen LogP contribution in [0.4, 0.5) is 5.69 Å². The lowest BCUT2D eigenvalue weighted by Crippen LogP contribution is -2.47. The van der Waals surface area contributed by atoms with Gasteiger partial charge in [0.1, 0.15) is 0 Å². The predicted octanol–water partition coefficient (Wildman–Crippen LogP) is 5.06. The van der Waals surface area contributed by atoms with E-state index in [1.807, 2.05) is 29.2 Å². The molecule has 4 rings (SSSR count). The predicted molar refractivity (Wildman–Crippen MR) is 125 cm³/mol. The van der Waals surface area contributed by atoms with Crippen molar-refractivity contribution in [1.29, 1.82) is 0 Å². The number of hydrogen-bond acceptors (Lipinski definition) is 3. The number of carbonyl (C=O) groups excluding carboxylic acids is 1. The number of anilines is 1. The molecule has 30 heavy (non-hydrogen) atoms. The van der Waals surface area contributed by atoms with Crippen LogP contribution in [0.3, 0.4) is 0 Å². The lowest BCUT2D eigenvalue weighted by Gasteiger charge is -2.37. The number of nitrogens with zero attached hydrogens (tertiary/aromatic N) is 3. The van der Waals surface area contributed by atoms with Gasteiger partial charge in [-0.3, -0.25) is 9.69 Å². The molecular formula is C24H29Cl2N3O. The van der Waals surface area contributed by atoms with Crippen molar-refractivity contribution in [2.45, 2.75) is 19.3 Å². The van der Waals surface area contributed by atoms with Gasteiger partial charge in [-0.15, -0.1) is 0 Å². The molecule has 0 atom stereocenters. The largest absolute Gasteiger partial charge is 0.369 e. The van der Waals surface area contributed by atoms with E-state index >= 15 is 0 Å². The minimum absolute atomic E-state index is 0.128. The maximum absolute atomic E-state index is 12.7. The van der Waals surface area contributed by atoms with Gasteiger partial charge in [-0.25, -0.2) is 0 Å².